The lowest BCUT2D eigenvalue weighted by Gasteiger charge is -1.98. The van der Waals surface area contributed by atoms with Gasteiger partial charge in [-0.15, -0.1) is 0 Å². The number of benzene rings is 1. The van der Waals surface area contributed by atoms with Crippen LogP contribution in [0.15, 0.2) is 16.6 Å². The summed E-state index contributed by atoms with van der Waals surface area (Å²) in [6, 6.07) is 3.94. The zero-order valence-corrected chi connectivity index (χ0v) is 9.65. The van der Waals surface area contributed by atoms with Gasteiger partial charge in [0.2, 0.25) is 0 Å². The van der Waals surface area contributed by atoms with Crippen LogP contribution in [0, 0.1) is 6.92 Å². The third kappa shape index (κ3) is 1.27. The fourth-order valence-corrected chi connectivity index (χ4v) is 1.99. The molecule has 0 radical (unpaired) electrons. The molecule has 0 saturated carbocycles. The Labute approximate surface area is 89.6 Å². The summed E-state index contributed by atoms with van der Waals surface area (Å²) in [4.78, 5) is 0. The van der Waals surface area contributed by atoms with Gasteiger partial charge in [-0.2, -0.15) is 5.10 Å². The van der Waals surface area contributed by atoms with Crippen LogP contribution in [-0.2, 0) is 7.05 Å². The highest BCUT2D eigenvalue weighted by Gasteiger charge is 2.10. The van der Waals surface area contributed by atoms with E-state index in [2.05, 4.69) is 21.0 Å². The van der Waals surface area contributed by atoms with Gasteiger partial charge in [-0.1, -0.05) is 27.5 Å². The number of hydrogen-bond acceptors (Lipinski definition) is 1. The van der Waals surface area contributed by atoms with Gasteiger partial charge >= 0.3 is 0 Å². The number of fused-ring (bicyclic) bond motifs is 1. The molecular formula is C9H8BrClN2. The molecule has 1 aromatic heterocycles. The number of aromatic nitrogens is 2. The van der Waals surface area contributed by atoms with E-state index in [1.165, 1.54) is 0 Å². The SMILES string of the molecule is Cc1c(Br)ccc2nn(C)c(Cl)c12. The number of hydrogen-bond donors (Lipinski definition) is 0. The van der Waals surface area contributed by atoms with Crippen LogP contribution in [0.2, 0.25) is 5.15 Å². The molecule has 0 aliphatic heterocycles. The molecule has 4 heteroatoms. The van der Waals surface area contributed by atoms with E-state index in [4.69, 9.17) is 11.6 Å². The molecular weight excluding hydrogens is 251 g/mol. The van der Waals surface area contributed by atoms with E-state index in [1.807, 2.05) is 26.1 Å². The first-order valence-corrected chi connectivity index (χ1v) is 5.05. The van der Waals surface area contributed by atoms with E-state index in [0.717, 1.165) is 20.9 Å². The van der Waals surface area contributed by atoms with E-state index in [-0.39, 0.29) is 0 Å². The predicted octanol–water partition coefficient (Wildman–Crippen LogP) is 3.30. The molecule has 0 amide bonds. The van der Waals surface area contributed by atoms with Gasteiger partial charge in [0.25, 0.3) is 0 Å². The summed E-state index contributed by atoms with van der Waals surface area (Å²) in [6.45, 7) is 2.03. The van der Waals surface area contributed by atoms with Gasteiger partial charge in [-0.25, -0.2) is 0 Å². The Balaban J connectivity index is 2.97. The van der Waals surface area contributed by atoms with Crippen LogP contribution < -0.4 is 0 Å². The average molecular weight is 260 g/mol. The van der Waals surface area contributed by atoms with Gasteiger partial charge in [-0.05, 0) is 24.6 Å². The molecule has 0 saturated heterocycles. The molecule has 0 spiro atoms. The van der Waals surface area contributed by atoms with Crippen molar-refractivity contribution in [2.75, 3.05) is 0 Å². The highest BCUT2D eigenvalue weighted by atomic mass is 79.9. The lowest BCUT2D eigenvalue weighted by Crippen LogP contribution is -1.87. The molecule has 0 fully saturated rings. The normalized spacial score (nSPS) is 11.1. The van der Waals surface area contributed by atoms with Crippen molar-refractivity contribution in [3.63, 3.8) is 0 Å². The van der Waals surface area contributed by atoms with Crippen molar-refractivity contribution in [2.24, 2.45) is 7.05 Å². The van der Waals surface area contributed by atoms with Crippen molar-refractivity contribution >= 4 is 38.4 Å². The van der Waals surface area contributed by atoms with Crippen LogP contribution in [-0.4, -0.2) is 9.78 Å². The standard InChI is InChI=1S/C9H8BrClN2/c1-5-6(10)3-4-7-8(5)9(11)13(2)12-7/h3-4H,1-2H3. The largest absolute Gasteiger partial charge is 0.256 e. The molecule has 2 aromatic rings. The fraction of sp³-hybridized carbons (Fsp3) is 0.222. The molecule has 0 unspecified atom stereocenters. The molecule has 2 rings (SSSR count). The molecule has 0 aliphatic rings. The van der Waals surface area contributed by atoms with Crippen molar-refractivity contribution in [2.45, 2.75) is 6.92 Å². The smallest absolute Gasteiger partial charge is 0.134 e. The van der Waals surface area contributed by atoms with Crippen LogP contribution in [0.5, 0.6) is 0 Å². The number of aryl methyl sites for hydroxylation is 2. The Morgan fingerprint density at radius 3 is 2.85 bits per heavy atom. The fourth-order valence-electron chi connectivity index (χ4n) is 1.38. The lowest BCUT2D eigenvalue weighted by atomic mass is 10.1. The molecule has 0 aliphatic carbocycles. The van der Waals surface area contributed by atoms with Crippen molar-refractivity contribution in [1.82, 2.24) is 9.78 Å². The van der Waals surface area contributed by atoms with Gasteiger partial charge in [0.05, 0.1) is 5.52 Å². The van der Waals surface area contributed by atoms with E-state index in [1.54, 1.807) is 4.68 Å². The summed E-state index contributed by atoms with van der Waals surface area (Å²) in [6.07, 6.45) is 0. The summed E-state index contributed by atoms with van der Waals surface area (Å²) in [5.74, 6) is 0. The van der Waals surface area contributed by atoms with E-state index in [0.29, 0.717) is 5.15 Å². The highest BCUT2D eigenvalue weighted by molar-refractivity contribution is 9.10. The van der Waals surface area contributed by atoms with Crippen LogP contribution in [0.4, 0.5) is 0 Å². The summed E-state index contributed by atoms with van der Waals surface area (Å²) in [5.41, 5.74) is 2.07. The Bertz CT molecular complexity index is 476. The van der Waals surface area contributed by atoms with Crippen LogP contribution >= 0.6 is 27.5 Å². The predicted molar refractivity (Wildman–Crippen MR) is 58.2 cm³/mol. The Morgan fingerprint density at radius 2 is 2.15 bits per heavy atom. The molecule has 1 heterocycles. The maximum atomic E-state index is 6.10. The van der Waals surface area contributed by atoms with Gasteiger partial charge in [0.15, 0.2) is 0 Å². The quantitative estimate of drug-likeness (QED) is 0.710. The molecule has 2 nitrogen and oxygen atoms in total. The van der Waals surface area contributed by atoms with Gasteiger partial charge < -0.3 is 0 Å². The summed E-state index contributed by atoms with van der Waals surface area (Å²) in [7, 11) is 1.84. The first-order chi connectivity index (χ1) is 6.11. The first kappa shape index (κ1) is 9.03. The van der Waals surface area contributed by atoms with Crippen LogP contribution in [0.1, 0.15) is 5.56 Å². The van der Waals surface area contributed by atoms with Crippen LogP contribution in [0.25, 0.3) is 10.9 Å². The molecule has 68 valence electrons. The Morgan fingerprint density at radius 1 is 1.46 bits per heavy atom. The minimum atomic E-state index is 0.689. The second-order valence-corrected chi connectivity index (χ2v) is 4.19. The minimum Gasteiger partial charge on any atom is -0.256 e. The molecule has 1 aromatic carbocycles. The van der Waals surface area contributed by atoms with E-state index >= 15 is 0 Å². The lowest BCUT2D eigenvalue weighted by molar-refractivity contribution is 0.780. The zero-order valence-electron chi connectivity index (χ0n) is 7.31. The average Bonchev–Trinajstić information content (AvgIpc) is 2.37. The number of halogens is 2. The van der Waals surface area contributed by atoms with Crippen molar-refractivity contribution < 1.29 is 0 Å². The Kier molecular flexibility index (Phi) is 2.08. The summed E-state index contributed by atoms with van der Waals surface area (Å²) in [5, 5.41) is 5.99. The maximum absolute atomic E-state index is 6.10. The molecule has 0 N–H and O–H groups in total. The second-order valence-electron chi connectivity index (χ2n) is 2.98. The van der Waals surface area contributed by atoms with Gasteiger partial charge in [0, 0.05) is 16.9 Å². The van der Waals surface area contributed by atoms with Gasteiger partial charge in [0.1, 0.15) is 5.15 Å². The first-order valence-electron chi connectivity index (χ1n) is 3.88. The zero-order chi connectivity index (χ0) is 9.59. The number of nitrogens with zero attached hydrogens (tertiary/aromatic N) is 2. The van der Waals surface area contributed by atoms with Crippen molar-refractivity contribution in [3.05, 3.63) is 27.3 Å². The third-order valence-corrected chi connectivity index (χ3v) is 3.42. The van der Waals surface area contributed by atoms with Gasteiger partial charge in [-0.3, -0.25) is 4.68 Å². The molecule has 0 atom stereocenters. The molecule has 0 bridgehead atoms. The van der Waals surface area contributed by atoms with Crippen LogP contribution in [0.3, 0.4) is 0 Å². The second kappa shape index (κ2) is 3.00. The van der Waals surface area contributed by atoms with E-state index < -0.39 is 0 Å². The topological polar surface area (TPSA) is 17.8 Å². The number of rotatable bonds is 0. The third-order valence-electron chi connectivity index (χ3n) is 2.13. The summed E-state index contributed by atoms with van der Waals surface area (Å²) >= 11 is 9.56. The summed E-state index contributed by atoms with van der Waals surface area (Å²) < 4.78 is 2.75. The molecule has 13 heavy (non-hydrogen) atoms. The minimum absolute atomic E-state index is 0.689. The maximum Gasteiger partial charge on any atom is 0.134 e. The monoisotopic (exact) mass is 258 g/mol. The van der Waals surface area contributed by atoms with Crippen molar-refractivity contribution in [3.8, 4) is 0 Å². The van der Waals surface area contributed by atoms with Crippen molar-refractivity contribution in [1.29, 1.82) is 0 Å². The van der Waals surface area contributed by atoms with E-state index in [9.17, 15) is 0 Å². The highest BCUT2D eigenvalue weighted by Crippen LogP contribution is 2.30. The Hall–Kier alpha value is -0.540.